The Hall–Kier alpha value is -4.26. The van der Waals surface area contributed by atoms with Crippen LogP contribution in [0.25, 0.3) is 10.9 Å². The normalized spacial score (nSPS) is 10.5. The Balaban J connectivity index is 1.59. The molecule has 2 N–H and O–H groups in total. The maximum Gasteiger partial charge on any atom is 0.247 e. The van der Waals surface area contributed by atoms with Gasteiger partial charge < -0.3 is 15.4 Å². The highest BCUT2D eigenvalue weighted by Gasteiger charge is 2.09. The highest BCUT2D eigenvalue weighted by atomic mass is 16.5. The molecule has 7 nitrogen and oxygen atoms in total. The SMILES string of the molecule is C=CC(=O)Nc1ccc2ncnc(Nc3ccc(Oc4ccc(C)nc4)c(C)c3)c2c1. The predicted octanol–water partition coefficient (Wildman–Crippen LogP) is 5.30. The van der Waals surface area contributed by atoms with Crippen molar-refractivity contribution in [2.24, 2.45) is 0 Å². The van der Waals surface area contributed by atoms with E-state index < -0.39 is 0 Å². The molecule has 31 heavy (non-hydrogen) atoms. The van der Waals surface area contributed by atoms with Gasteiger partial charge in [-0.05, 0) is 74.0 Å². The molecular formula is C24H21N5O2. The number of aromatic nitrogens is 3. The summed E-state index contributed by atoms with van der Waals surface area (Å²) >= 11 is 0. The molecular weight excluding hydrogens is 390 g/mol. The van der Waals surface area contributed by atoms with Crippen molar-refractivity contribution in [2.75, 3.05) is 10.6 Å². The van der Waals surface area contributed by atoms with Crippen LogP contribution in [-0.2, 0) is 4.79 Å². The van der Waals surface area contributed by atoms with Crippen molar-refractivity contribution in [3.63, 3.8) is 0 Å². The van der Waals surface area contributed by atoms with Crippen LogP contribution in [0.4, 0.5) is 17.2 Å². The molecule has 154 valence electrons. The van der Waals surface area contributed by atoms with E-state index in [4.69, 9.17) is 4.74 Å². The van der Waals surface area contributed by atoms with Gasteiger partial charge in [0.1, 0.15) is 23.6 Å². The summed E-state index contributed by atoms with van der Waals surface area (Å²) in [7, 11) is 0. The number of carbonyl (C=O) groups is 1. The predicted molar refractivity (Wildman–Crippen MR) is 122 cm³/mol. The lowest BCUT2D eigenvalue weighted by Crippen LogP contribution is -2.07. The maximum atomic E-state index is 11.6. The maximum absolute atomic E-state index is 11.6. The second kappa shape index (κ2) is 8.62. The molecule has 0 unspecified atom stereocenters. The number of carbonyl (C=O) groups excluding carboxylic acids is 1. The summed E-state index contributed by atoms with van der Waals surface area (Å²) in [5.74, 6) is 1.79. The molecule has 2 aromatic carbocycles. The van der Waals surface area contributed by atoms with Gasteiger partial charge >= 0.3 is 0 Å². The summed E-state index contributed by atoms with van der Waals surface area (Å²) in [6.45, 7) is 7.38. The van der Waals surface area contributed by atoms with Crippen molar-refractivity contribution >= 4 is 34.0 Å². The molecule has 0 aliphatic heterocycles. The van der Waals surface area contributed by atoms with E-state index in [1.807, 2.05) is 56.3 Å². The summed E-state index contributed by atoms with van der Waals surface area (Å²) in [5, 5.41) is 6.87. The van der Waals surface area contributed by atoms with Crippen LogP contribution in [0.2, 0.25) is 0 Å². The van der Waals surface area contributed by atoms with Crippen LogP contribution in [0.3, 0.4) is 0 Å². The number of anilines is 3. The molecule has 1 amide bonds. The Bertz CT molecular complexity index is 1270. The van der Waals surface area contributed by atoms with Gasteiger partial charge in [0.2, 0.25) is 5.91 Å². The van der Waals surface area contributed by atoms with Gasteiger partial charge in [0, 0.05) is 22.5 Å². The molecule has 0 aliphatic rings. The van der Waals surface area contributed by atoms with Crippen molar-refractivity contribution < 1.29 is 9.53 Å². The quantitative estimate of drug-likeness (QED) is 0.419. The van der Waals surface area contributed by atoms with Gasteiger partial charge in [-0.15, -0.1) is 0 Å². The van der Waals surface area contributed by atoms with Crippen molar-refractivity contribution in [3.05, 3.63) is 85.0 Å². The van der Waals surface area contributed by atoms with Crippen LogP contribution in [0.15, 0.2) is 73.7 Å². The van der Waals surface area contributed by atoms with Crippen LogP contribution >= 0.6 is 0 Å². The molecule has 0 atom stereocenters. The minimum Gasteiger partial charge on any atom is -0.455 e. The zero-order valence-electron chi connectivity index (χ0n) is 17.2. The zero-order valence-corrected chi connectivity index (χ0v) is 17.2. The number of amides is 1. The monoisotopic (exact) mass is 411 g/mol. The second-order valence-corrected chi connectivity index (χ2v) is 6.99. The Labute approximate surface area is 179 Å². The fourth-order valence-electron chi connectivity index (χ4n) is 3.05. The van der Waals surface area contributed by atoms with Crippen LogP contribution in [0.1, 0.15) is 11.3 Å². The fraction of sp³-hybridized carbons (Fsp3) is 0.0833. The van der Waals surface area contributed by atoms with E-state index in [2.05, 4.69) is 32.2 Å². The Morgan fingerprint density at radius 1 is 1.00 bits per heavy atom. The number of benzene rings is 2. The first-order valence-corrected chi connectivity index (χ1v) is 9.68. The topological polar surface area (TPSA) is 89.0 Å². The number of ether oxygens (including phenoxy) is 1. The average molecular weight is 411 g/mol. The third-order valence-corrected chi connectivity index (χ3v) is 4.64. The summed E-state index contributed by atoms with van der Waals surface area (Å²) in [4.78, 5) is 24.5. The first-order valence-electron chi connectivity index (χ1n) is 9.68. The first kappa shape index (κ1) is 20.0. The molecule has 0 saturated heterocycles. The standard InChI is InChI=1S/C24H21N5O2/c1-4-23(30)28-18-6-9-21-20(12-18)24(27-14-26-21)29-17-7-10-22(15(2)11-17)31-19-8-5-16(3)25-13-19/h4-14H,1H2,2-3H3,(H,28,30)(H,26,27,29). The van der Waals surface area contributed by atoms with Gasteiger partial charge in [0.15, 0.2) is 0 Å². The van der Waals surface area contributed by atoms with Crippen LogP contribution < -0.4 is 15.4 Å². The highest BCUT2D eigenvalue weighted by Crippen LogP contribution is 2.30. The van der Waals surface area contributed by atoms with Crippen LogP contribution in [0.5, 0.6) is 11.5 Å². The average Bonchev–Trinajstić information content (AvgIpc) is 2.77. The Morgan fingerprint density at radius 2 is 1.84 bits per heavy atom. The molecule has 0 saturated carbocycles. The van der Waals surface area contributed by atoms with E-state index in [9.17, 15) is 4.79 Å². The van der Waals surface area contributed by atoms with Crippen molar-refractivity contribution in [2.45, 2.75) is 13.8 Å². The molecule has 0 radical (unpaired) electrons. The smallest absolute Gasteiger partial charge is 0.247 e. The molecule has 7 heteroatoms. The third-order valence-electron chi connectivity index (χ3n) is 4.64. The van der Waals surface area contributed by atoms with E-state index in [1.54, 1.807) is 12.3 Å². The summed E-state index contributed by atoms with van der Waals surface area (Å²) in [6, 6.07) is 15.0. The molecule has 0 fully saturated rings. The lowest BCUT2D eigenvalue weighted by molar-refractivity contribution is -0.111. The number of hydrogen-bond acceptors (Lipinski definition) is 6. The molecule has 2 aromatic heterocycles. The number of nitrogens with zero attached hydrogens (tertiary/aromatic N) is 3. The number of aryl methyl sites for hydroxylation is 2. The van der Waals surface area contributed by atoms with Gasteiger partial charge in [0.25, 0.3) is 0 Å². The van der Waals surface area contributed by atoms with E-state index in [0.717, 1.165) is 33.6 Å². The zero-order chi connectivity index (χ0) is 21.8. The van der Waals surface area contributed by atoms with Crippen molar-refractivity contribution in [1.82, 2.24) is 15.0 Å². The van der Waals surface area contributed by atoms with E-state index >= 15 is 0 Å². The van der Waals surface area contributed by atoms with E-state index in [1.165, 1.54) is 12.4 Å². The van der Waals surface area contributed by atoms with Gasteiger partial charge in [-0.3, -0.25) is 9.78 Å². The second-order valence-electron chi connectivity index (χ2n) is 6.99. The molecule has 0 spiro atoms. The number of pyridine rings is 1. The number of nitrogens with one attached hydrogen (secondary N) is 2. The minimum atomic E-state index is -0.277. The largest absolute Gasteiger partial charge is 0.455 e. The van der Waals surface area contributed by atoms with Gasteiger partial charge in [-0.25, -0.2) is 9.97 Å². The fourth-order valence-corrected chi connectivity index (χ4v) is 3.05. The van der Waals surface area contributed by atoms with Gasteiger partial charge in [0.05, 0.1) is 11.7 Å². The van der Waals surface area contributed by atoms with E-state index in [0.29, 0.717) is 17.3 Å². The summed E-state index contributed by atoms with van der Waals surface area (Å²) < 4.78 is 5.94. The van der Waals surface area contributed by atoms with Gasteiger partial charge in [-0.1, -0.05) is 6.58 Å². The summed E-state index contributed by atoms with van der Waals surface area (Å²) in [6.07, 6.45) is 4.43. The molecule has 4 aromatic rings. The van der Waals surface area contributed by atoms with Crippen LogP contribution in [0, 0.1) is 13.8 Å². The van der Waals surface area contributed by atoms with Crippen molar-refractivity contribution in [1.29, 1.82) is 0 Å². The number of rotatable bonds is 6. The molecule has 0 aliphatic carbocycles. The number of hydrogen-bond donors (Lipinski definition) is 2. The number of fused-ring (bicyclic) bond motifs is 1. The van der Waals surface area contributed by atoms with Gasteiger partial charge in [-0.2, -0.15) is 0 Å². The highest BCUT2D eigenvalue weighted by molar-refractivity contribution is 6.01. The van der Waals surface area contributed by atoms with Crippen molar-refractivity contribution in [3.8, 4) is 11.5 Å². The Kier molecular flexibility index (Phi) is 5.57. The molecule has 0 bridgehead atoms. The first-order chi connectivity index (χ1) is 15.0. The van der Waals surface area contributed by atoms with Crippen LogP contribution in [-0.4, -0.2) is 20.9 Å². The third kappa shape index (κ3) is 4.67. The molecule has 4 rings (SSSR count). The minimum absolute atomic E-state index is 0.277. The van der Waals surface area contributed by atoms with E-state index in [-0.39, 0.29) is 5.91 Å². The summed E-state index contributed by atoms with van der Waals surface area (Å²) in [5.41, 5.74) is 4.16. The lowest BCUT2D eigenvalue weighted by Gasteiger charge is -2.13. The molecule has 2 heterocycles. The Morgan fingerprint density at radius 3 is 2.58 bits per heavy atom. The lowest BCUT2D eigenvalue weighted by atomic mass is 10.1.